The fraction of sp³-hybridized carbons (Fsp3) is 0.391. The van der Waals surface area contributed by atoms with E-state index in [0.717, 1.165) is 27.6 Å². The molecule has 0 radical (unpaired) electrons. The van der Waals surface area contributed by atoms with Crippen LogP contribution in [0.5, 0.6) is 0 Å². The molecule has 4 heterocycles. The zero-order chi connectivity index (χ0) is 22.5. The van der Waals surface area contributed by atoms with Crippen LogP contribution in [-0.4, -0.2) is 62.7 Å². The summed E-state index contributed by atoms with van der Waals surface area (Å²) < 4.78 is 42.5. The molecular formula is C23H23F3N4O2. The minimum Gasteiger partial charge on any atom is -0.342 e. The summed E-state index contributed by atoms with van der Waals surface area (Å²) in [5.41, 5.74) is 3.69. The molecule has 2 aromatic heterocycles. The number of hydrogen-bond donors (Lipinski definition) is 1. The van der Waals surface area contributed by atoms with Crippen LogP contribution < -0.4 is 0 Å². The summed E-state index contributed by atoms with van der Waals surface area (Å²) in [5, 5.41) is 11.4. The number of fused-ring (bicyclic) bond motifs is 3. The number of nitrogens with zero attached hydrogens (tertiary/aromatic N) is 4. The van der Waals surface area contributed by atoms with Crippen molar-refractivity contribution in [1.82, 2.24) is 19.5 Å². The smallest absolute Gasteiger partial charge is 0.296 e. The van der Waals surface area contributed by atoms with Crippen molar-refractivity contribution >= 4 is 16.8 Å². The first-order valence-corrected chi connectivity index (χ1v) is 10.7. The predicted octanol–water partition coefficient (Wildman–Crippen LogP) is 3.49. The molecule has 32 heavy (non-hydrogen) atoms. The minimum atomic E-state index is -2.64. The van der Waals surface area contributed by atoms with E-state index in [9.17, 15) is 23.2 Å². The summed E-state index contributed by atoms with van der Waals surface area (Å²) in [6.07, 6.45) is 4.47. The summed E-state index contributed by atoms with van der Waals surface area (Å²) in [6, 6.07) is 6.24. The maximum Gasteiger partial charge on any atom is 0.296 e. The maximum atomic E-state index is 13.6. The fourth-order valence-electron chi connectivity index (χ4n) is 4.69. The molecule has 1 amide bonds. The van der Waals surface area contributed by atoms with Gasteiger partial charge in [-0.15, -0.1) is 0 Å². The van der Waals surface area contributed by atoms with Crippen molar-refractivity contribution in [1.29, 1.82) is 0 Å². The van der Waals surface area contributed by atoms with E-state index >= 15 is 0 Å². The molecule has 1 aromatic carbocycles. The Kier molecular flexibility index (Phi) is 5.17. The van der Waals surface area contributed by atoms with Crippen LogP contribution in [0, 0.1) is 5.82 Å². The first-order valence-electron chi connectivity index (χ1n) is 10.7. The predicted molar refractivity (Wildman–Crippen MR) is 111 cm³/mol. The Bertz CT molecular complexity index is 1180. The normalized spacial score (nSPS) is 18.5. The van der Waals surface area contributed by atoms with Gasteiger partial charge >= 0.3 is 0 Å². The van der Waals surface area contributed by atoms with Crippen molar-refractivity contribution in [3.8, 4) is 0 Å². The lowest BCUT2D eigenvalue weighted by molar-refractivity contribution is -0.0606. The van der Waals surface area contributed by atoms with Crippen LogP contribution in [0.1, 0.15) is 33.6 Å². The molecule has 0 unspecified atom stereocenters. The number of amides is 1. The van der Waals surface area contributed by atoms with Crippen LogP contribution in [0.3, 0.4) is 0 Å². The Morgan fingerprint density at radius 1 is 1.16 bits per heavy atom. The lowest BCUT2D eigenvalue weighted by Crippen LogP contribution is -2.35. The molecule has 1 fully saturated rings. The van der Waals surface area contributed by atoms with Crippen molar-refractivity contribution in [2.75, 3.05) is 26.2 Å². The Labute approximate surface area is 182 Å². The van der Waals surface area contributed by atoms with Crippen molar-refractivity contribution in [3.63, 3.8) is 0 Å². The molecular weight excluding hydrogens is 421 g/mol. The first-order chi connectivity index (χ1) is 15.3. The largest absolute Gasteiger partial charge is 0.342 e. The third-order valence-corrected chi connectivity index (χ3v) is 6.32. The van der Waals surface area contributed by atoms with E-state index in [-0.39, 0.29) is 31.0 Å². The summed E-state index contributed by atoms with van der Waals surface area (Å²) in [4.78, 5) is 18.5. The van der Waals surface area contributed by atoms with Gasteiger partial charge in [-0.1, -0.05) is 12.1 Å². The fourth-order valence-corrected chi connectivity index (χ4v) is 4.69. The summed E-state index contributed by atoms with van der Waals surface area (Å²) >= 11 is 0. The highest BCUT2D eigenvalue weighted by Crippen LogP contribution is 2.32. The van der Waals surface area contributed by atoms with E-state index < -0.39 is 11.8 Å². The number of alkyl halides is 2. The van der Waals surface area contributed by atoms with Crippen LogP contribution in [0.4, 0.5) is 13.2 Å². The van der Waals surface area contributed by atoms with Gasteiger partial charge in [-0.25, -0.2) is 23.2 Å². The average molecular weight is 444 g/mol. The van der Waals surface area contributed by atoms with Crippen LogP contribution in [-0.2, 0) is 19.4 Å². The summed E-state index contributed by atoms with van der Waals surface area (Å²) in [6.45, 7) is 1.27. The summed E-state index contributed by atoms with van der Waals surface area (Å²) in [5.74, 6) is -3.49. The van der Waals surface area contributed by atoms with Crippen LogP contribution in [0.2, 0.25) is 0 Å². The second-order valence-corrected chi connectivity index (χ2v) is 8.56. The average Bonchev–Trinajstić information content (AvgIpc) is 3.30. The third kappa shape index (κ3) is 3.86. The molecule has 0 atom stereocenters. The van der Waals surface area contributed by atoms with Crippen molar-refractivity contribution in [2.45, 2.75) is 31.7 Å². The Morgan fingerprint density at radius 3 is 2.66 bits per heavy atom. The van der Waals surface area contributed by atoms with E-state index in [0.29, 0.717) is 37.5 Å². The van der Waals surface area contributed by atoms with Gasteiger partial charge < -0.3 is 4.57 Å². The minimum absolute atomic E-state index is 0.126. The van der Waals surface area contributed by atoms with E-state index in [4.69, 9.17) is 0 Å². The number of likely N-dealkylation sites (tertiary alicyclic amines) is 1. The molecule has 1 saturated heterocycles. The molecule has 0 saturated carbocycles. The lowest BCUT2D eigenvalue weighted by atomic mass is 9.98. The molecule has 5 rings (SSSR count). The van der Waals surface area contributed by atoms with Gasteiger partial charge in [0.15, 0.2) is 0 Å². The number of carbonyl (C=O) groups is 1. The number of pyridine rings is 1. The number of aromatic nitrogens is 2. The van der Waals surface area contributed by atoms with Gasteiger partial charge in [-0.2, -0.15) is 0 Å². The first kappa shape index (κ1) is 21.0. The molecule has 9 heteroatoms. The Morgan fingerprint density at radius 2 is 1.94 bits per heavy atom. The molecule has 0 aliphatic carbocycles. The molecule has 0 bridgehead atoms. The third-order valence-electron chi connectivity index (χ3n) is 6.32. The van der Waals surface area contributed by atoms with Gasteiger partial charge in [0.25, 0.3) is 11.8 Å². The number of benzene rings is 1. The highest BCUT2D eigenvalue weighted by molar-refractivity contribution is 6.00. The summed E-state index contributed by atoms with van der Waals surface area (Å²) in [7, 11) is 0. The highest BCUT2D eigenvalue weighted by atomic mass is 19.3. The van der Waals surface area contributed by atoms with Gasteiger partial charge in [0.05, 0.1) is 24.8 Å². The molecule has 2 aliphatic heterocycles. The van der Waals surface area contributed by atoms with Gasteiger partial charge in [0.2, 0.25) is 0 Å². The highest BCUT2D eigenvalue weighted by Gasteiger charge is 2.38. The zero-order valence-corrected chi connectivity index (χ0v) is 17.4. The zero-order valence-electron chi connectivity index (χ0n) is 17.4. The SMILES string of the molecule is O=C1c2ncc3c(c(CCN4CCC(F)(F)C4)cn3Cc3ccc(F)cc3)c2CCN1O. The van der Waals surface area contributed by atoms with Crippen molar-refractivity contribution < 1.29 is 23.2 Å². The lowest BCUT2D eigenvalue weighted by Gasteiger charge is -2.23. The van der Waals surface area contributed by atoms with Crippen LogP contribution in [0.15, 0.2) is 36.7 Å². The number of halogens is 3. The molecule has 3 aromatic rings. The van der Waals surface area contributed by atoms with Crippen LogP contribution in [0.25, 0.3) is 10.9 Å². The van der Waals surface area contributed by atoms with E-state index in [1.807, 2.05) is 10.8 Å². The maximum absolute atomic E-state index is 13.6. The standard InChI is InChI=1S/C23H23F3N4O2/c24-17-3-1-15(2-4-17)12-29-13-16(5-8-28-10-7-23(25,26)14-28)20-18-6-9-30(32)22(31)21(18)27-11-19(20)29/h1-4,11,13,32H,5-10,12,14H2. The molecule has 2 aliphatic rings. The topological polar surface area (TPSA) is 61.6 Å². The van der Waals surface area contributed by atoms with E-state index in [2.05, 4.69) is 4.98 Å². The second kappa shape index (κ2) is 7.90. The molecule has 1 N–H and O–H groups in total. The molecule has 6 nitrogen and oxygen atoms in total. The Balaban J connectivity index is 1.53. The quantitative estimate of drug-likeness (QED) is 0.612. The molecule has 0 spiro atoms. The van der Waals surface area contributed by atoms with Gasteiger partial charge in [-0.3, -0.25) is 14.9 Å². The van der Waals surface area contributed by atoms with Crippen molar-refractivity contribution in [3.05, 3.63) is 64.9 Å². The number of rotatable bonds is 5. The number of hydrogen-bond acceptors (Lipinski definition) is 4. The van der Waals surface area contributed by atoms with E-state index in [1.54, 1.807) is 23.2 Å². The molecule has 168 valence electrons. The van der Waals surface area contributed by atoms with Crippen molar-refractivity contribution in [2.24, 2.45) is 0 Å². The number of hydroxylamine groups is 2. The van der Waals surface area contributed by atoms with E-state index in [1.165, 1.54) is 12.1 Å². The van der Waals surface area contributed by atoms with Gasteiger partial charge in [-0.05, 0) is 41.7 Å². The monoisotopic (exact) mass is 444 g/mol. The second-order valence-electron chi connectivity index (χ2n) is 8.56. The van der Waals surface area contributed by atoms with Crippen LogP contribution >= 0.6 is 0 Å². The Hall–Kier alpha value is -2.91. The number of carbonyl (C=O) groups excluding carboxylic acids is 1. The van der Waals surface area contributed by atoms with Gasteiger partial charge in [0.1, 0.15) is 11.5 Å². The van der Waals surface area contributed by atoms with Gasteiger partial charge in [0, 0.05) is 37.6 Å².